The van der Waals surface area contributed by atoms with Crippen LogP contribution in [0.2, 0.25) is 0 Å². The van der Waals surface area contributed by atoms with E-state index in [2.05, 4.69) is 13.8 Å². The molecule has 1 saturated carbocycles. The van der Waals surface area contributed by atoms with Crippen molar-refractivity contribution in [3.63, 3.8) is 0 Å². The van der Waals surface area contributed by atoms with Gasteiger partial charge in [-0.1, -0.05) is 31.0 Å². The van der Waals surface area contributed by atoms with E-state index < -0.39 is 17.8 Å². The number of fused-ring (bicyclic) bond motifs is 1. The molecule has 0 radical (unpaired) electrons. The molecule has 2 aliphatic rings. The summed E-state index contributed by atoms with van der Waals surface area (Å²) in [5.74, 6) is -1.41. The molecule has 1 atom stereocenters. The summed E-state index contributed by atoms with van der Waals surface area (Å²) >= 11 is 0. The first-order valence-corrected chi connectivity index (χ1v) is 6.59. The van der Waals surface area contributed by atoms with Gasteiger partial charge in [0.15, 0.2) is 0 Å². The van der Waals surface area contributed by atoms with Crippen LogP contribution in [0, 0.1) is 11.3 Å². The normalized spacial score (nSPS) is 22.7. The van der Waals surface area contributed by atoms with Crippen molar-refractivity contribution in [2.45, 2.75) is 26.7 Å². The molecule has 0 bridgehead atoms. The molecule has 5 heteroatoms. The number of carbonyl (C=O) groups excluding carboxylic acids is 3. The summed E-state index contributed by atoms with van der Waals surface area (Å²) in [7, 11) is 0. The van der Waals surface area contributed by atoms with Crippen LogP contribution in [0.25, 0.3) is 0 Å². The largest absolute Gasteiger partial charge is 0.333 e. The van der Waals surface area contributed by atoms with E-state index in [0.717, 1.165) is 6.42 Å². The summed E-state index contributed by atoms with van der Waals surface area (Å²) in [6.45, 7) is 4.15. The molecule has 0 N–H and O–H groups in total. The zero-order valence-electron chi connectivity index (χ0n) is 11.4. The van der Waals surface area contributed by atoms with Crippen molar-refractivity contribution in [2.24, 2.45) is 11.3 Å². The molecule has 1 fully saturated rings. The van der Waals surface area contributed by atoms with Gasteiger partial charge in [0.1, 0.15) is 0 Å². The highest BCUT2D eigenvalue weighted by Crippen LogP contribution is 2.53. The van der Waals surface area contributed by atoms with Crippen LogP contribution in [0.15, 0.2) is 24.3 Å². The van der Waals surface area contributed by atoms with Crippen molar-refractivity contribution in [2.75, 3.05) is 0 Å². The van der Waals surface area contributed by atoms with Gasteiger partial charge in [-0.3, -0.25) is 9.59 Å². The highest BCUT2D eigenvalue weighted by Gasteiger charge is 2.47. The molecule has 0 saturated heterocycles. The van der Waals surface area contributed by atoms with Gasteiger partial charge in [-0.05, 0) is 29.9 Å². The van der Waals surface area contributed by atoms with Crippen molar-refractivity contribution in [3.05, 3.63) is 35.4 Å². The van der Waals surface area contributed by atoms with Crippen molar-refractivity contribution in [1.82, 2.24) is 5.06 Å². The maximum Gasteiger partial charge on any atom is 0.333 e. The second-order valence-corrected chi connectivity index (χ2v) is 6.01. The summed E-state index contributed by atoms with van der Waals surface area (Å²) in [5.41, 5.74) is 0.704. The molecule has 0 spiro atoms. The molecule has 1 aliphatic heterocycles. The van der Waals surface area contributed by atoms with E-state index in [1.807, 2.05) is 0 Å². The Kier molecular flexibility index (Phi) is 2.67. The molecule has 1 unspecified atom stereocenters. The maximum atomic E-state index is 12.0. The Morgan fingerprint density at radius 1 is 1.25 bits per heavy atom. The fourth-order valence-electron chi connectivity index (χ4n) is 2.51. The topological polar surface area (TPSA) is 63.7 Å². The molecule has 20 heavy (non-hydrogen) atoms. The Hall–Kier alpha value is -2.17. The minimum atomic E-state index is -0.575. The number of carbonyl (C=O) groups is 3. The number of benzene rings is 1. The van der Waals surface area contributed by atoms with E-state index in [-0.39, 0.29) is 28.9 Å². The second-order valence-electron chi connectivity index (χ2n) is 6.01. The minimum absolute atomic E-state index is 0.154. The van der Waals surface area contributed by atoms with Gasteiger partial charge in [-0.25, -0.2) is 4.79 Å². The lowest BCUT2D eigenvalue weighted by Crippen LogP contribution is -2.32. The Labute approximate surface area is 116 Å². The summed E-state index contributed by atoms with van der Waals surface area (Å²) in [6, 6.07) is 6.44. The van der Waals surface area contributed by atoms with Crippen molar-refractivity contribution >= 4 is 17.8 Å². The average molecular weight is 273 g/mol. The Balaban J connectivity index is 1.69. The van der Waals surface area contributed by atoms with Gasteiger partial charge in [-0.2, -0.15) is 0 Å². The van der Waals surface area contributed by atoms with E-state index in [9.17, 15) is 14.4 Å². The summed E-state index contributed by atoms with van der Waals surface area (Å²) in [6.07, 6.45) is 1.20. The predicted molar refractivity (Wildman–Crippen MR) is 69.5 cm³/mol. The van der Waals surface area contributed by atoms with Crippen LogP contribution >= 0.6 is 0 Å². The minimum Gasteiger partial charge on any atom is -0.330 e. The maximum absolute atomic E-state index is 12.0. The number of imide groups is 1. The molecule has 3 rings (SSSR count). The zero-order chi connectivity index (χ0) is 14.5. The second kappa shape index (κ2) is 4.16. The number of hydroxylamine groups is 2. The number of amides is 2. The van der Waals surface area contributed by atoms with Gasteiger partial charge in [0.25, 0.3) is 11.8 Å². The first kappa shape index (κ1) is 12.8. The van der Waals surface area contributed by atoms with Gasteiger partial charge in [-0.15, -0.1) is 0 Å². The third-order valence-corrected chi connectivity index (χ3v) is 4.08. The van der Waals surface area contributed by atoms with E-state index in [1.54, 1.807) is 24.3 Å². The molecule has 1 aromatic rings. The van der Waals surface area contributed by atoms with Crippen LogP contribution in [0.3, 0.4) is 0 Å². The van der Waals surface area contributed by atoms with Crippen LogP contribution in [-0.2, 0) is 9.63 Å². The molecule has 1 heterocycles. The standard InChI is InChI=1S/C15H15NO4/c1-15(2)8-9(15)7-12(17)20-16-13(18)10-5-3-4-6-11(10)14(16)19/h3-6,9H,7-8H2,1-2H3. The van der Waals surface area contributed by atoms with Crippen molar-refractivity contribution in [3.8, 4) is 0 Å². The van der Waals surface area contributed by atoms with E-state index in [4.69, 9.17) is 4.84 Å². The smallest absolute Gasteiger partial charge is 0.330 e. The Morgan fingerprint density at radius 2 is 1.75 bits per heavy atom. The molecule has 2 amide bonds. The Morgan fingerprint density at radius 3 is 2.20 bits per heavy atom. The van der Waals surface area contributed by atoms with Crippen molar-refractivity contribution < 1.29 is 19.2 Å². The van der Waals surface area contributed by atoms with Gasteiger partial charge in [0.2, 0.25) is 0 Å². The monoisotopic (exact) mass is 273 g/mol. The molecule has 0 aromatic heterocycles. The fourth-order valence-corrected chi connectivity index (χ4v) is 2.51. The van der Waals surface area contributed by atoms with Crippen molar-refractivity contribution in [1.29, 1.82) is 0 Å². The number of hydrogen-bond acceptors (Lipinski definition) is 4. The lowest BCUT2D eigenvalue weighted by Gasteiger charge is -2.12. The first-order valence-electron chi connectivity index (χ1n) is 6.59. The summed E-state index contributed by atoms with van der Waals surface area (Å²) in [4.78, 5) is 40.8. The predicted octanol–water partition coefficient (Wildman–Crippen LogP) is 2.18. The number of rotatable bonds is 3. The summed E-state index contributed by atoms with van der Waals surface area (Å²) < 4.78 is 0. The average Bonchev–Trinajstić information content (AvgIpc) is 2.93. The SMILES string of the molecule is CC1(C)CC1CC(=O)ON1C(=O)c2ccccc2C1=O. The van der Waals surface area contributed by atoms with Gasteiger partial charge in [0.05, 0.1) is 17.5 Å². The van der Waals surface area contributed by atoms with E-state index in [0.29, 0.717) is 5.06 Å². The van der Waals surface area contributed by atoms with Gasteiger partial charge in [0, 0.05) is 0 Å². The van der Waals surface area contributed by atoms with E-state index in [1.165, 1.54) is 0 Å². The third-order valence-electron chi connectivity index (χ3n) is 4.08. The van der Waals surface area contributed by atoms with Gasteiger partial charge >= 0.3 is 5.97 Å². The lowest BCUT2D eigenvalue weighted by atomic mass is 10.1. The first-order chi connectivity index (χ1) is 9.40. The number of nitrogens with zero attached hydrogens (tertiary/aromatic N) is 1. The molecule has 5 nitrogen and oxygen atoms in total. The van der Waals surface area contributed by atoms with E-state index >= 15 is 0 Å². The van der Waals surface area contributed by atoms with Crippen LogP contribution in [0.4, 0.5) is 0 Å². The third kappa shape index (κ3) is 1.99. The molecule has 1 aliphatic carbocycles. The zero-order valence-corrected chi connectivity index (χ0v) is 11.4. The van der Waals surface area contributed by atoms with Crippen LogP contribution in [0.5, 0.6) is 0 Å². The summed E-state index contributed by atoms with van der Waals surface area (Å²) in [5, 5.41) is 0.572. The lowest BCUT2D eigenvalue weighted by molar-refractivity contribution is -0.169. The molecular weight excluding hydrogens is 258 g/mol. The molecule has 1 aromatic carbocycles. The number of hydrogen-bond donors (Lipinski definition) is 0. The molecular formula is C15H15NO4. The van der Waals surface area contributed by atoms with Crippen LogP contribution in [-0.4, -0.2) is 22.8 Å². The van der Waals surface area contributed by atoms with Crippen LogP contribution in [0.1, 0.15) is 47.4 Å². The fraction of sp³-hybridized carbons (Fsp3) is 0.400. The highest BCUT2D eigenvalue weighted by molar-refractivity contribution is 6.20. The van der Waals surface area contributed by atoms with Gasteiger partial charge < -0.3 is 4.84 Å². The quantitative estimate of drug-likeness (QED) is 0.792. The van der Waals surface area contributed by atoms with Crippen LogP contribution < -0.4 is 0 Å². The Bertz CT molecular complexity index is 585. The molecule has 104 valence electrons. The highest BCUT2D eigenvalue weighted by atomic mass is 16.7.